The molecule has 0 bridgehead atoms. The van der Waals surface area contributed by atoms with Gasteiger partial charge >= 0.3 is 0 Å². The Morgan fingerprint density at radius 2 is 1.80 bits per heavy atom. The molecule has 0 atom stereocenters. The SMILES string of the molecule is CN(CC(=O)NC1CCCCCCC1)S(=O)(=O)c1ccc2c(c1)C(=O)NCC(=O)N2. The van der Waals surface area contributed by atoms with Gasteiger partial charge in [0.05, 0.1) is 29.2 Å². The molecule has 1 aromatic carbocycles. The summed E-state index contributed by atoms with van der Waals surface area (Å²) in [5, 5.41) is 7.93. The molecule has 0 unspecified atom stereocenters. The lowest BCUT2D eigenvalue weighted by atomic mass is 9.97. The van der Waals surface area contributed by atoms with E-state index in [9.17, 15) is 22.8 Å². The number of anilines is 1. The number of amides is 3. The second kappa shape index (κ2) is 9.57. The maximum Gasteiger partial charge on any atom is 0.253 e. The van der Waals surface area contributed by atoms with Gasteiger partial charge in [-0.25, -0.2) is 8.42 Å². The minimum absolute atomic E-state index is 0.0642. The first-order chi connectivity index (χ1) is 14.3. The van der Waals surface area contributed by atoms with Gasteiger partial charge in [-0.1, -0.05) is 32.1 Å². The highest BCUT2D eigenvalue weighted by Gasteiger charge is 2.27. The smallest absolute Gasteiger partial charge is 0.253 e. The molecule has 3 N–H and O–H groups in total. The maximum absolute atomic E-state index is 12.9. The fraction of sp³-hybridized carbons (Fsp3) is 0.550. The van der Waals surface area contributed by atoms with Crippen molar-refractivity contribution < 1.29 is 22.8 Å². The Labute approximate surface area is 176 Å². The van der Waals surface area contributed by atoms with Crippen LogP contribution in [0, 0.1) is 0 Å². The van der Waals surface area contributed by atoms with E-state index < -0.39 is 15.9 Å². The highest BCUT2D eigenvalue weighted by Crippen LogP contribution is 2.24. The third kappa shape index (κ3) is 5.37. The summed E-state index contributed by atoms with van der Waals surface area (Å²) in [5.74, 6) is -1.27. The molecule has 2 aliphatic rings. The van der Waals surface area contributed by atoms with Crippen LogP contribution in [0.5, 0.6) is 0 Å². The number of fused-ring (bicyclic) bond motifs is 1. The third-order valence-electron chi connectivity index (χ3n) is 5.46. The van der Waals surface area contributed by atoms with Crippen molar-refractivity contribution >= 4 is 33.4 Å². The summed E-state index contributed by atoms with van der Waals surface area (Å²) in [6.45, 7) is -0.490. The van der Waals surface area contributed by atoms with E-state index >= 15 is 0 Å². The molecular weight excluding hydrogens is 408 g/mol. The molecule has 1 aliphatic heterocycles. The molecule has 1 saturated carbocycles. The first-order valence-electron chi connectivity index (χ1n) is 10.2. The van der Waals surface area contributed by atoms with Crippen molar-refractivity contribution in [2.24, 2.45) is 0 Å². The molecule has 1 heterocycles. The van der Waals surface area contributed by atoms with Gasteiger partial charge in [0.25, 0.3) is 5.91 Å². The largest absolute Gasteiger partial charge is 0.352 e. The lowest BCUT2D eigenvalue weighted by molar-refractivity contribution is -0.122. The van der Waals surface area contributed by atoms with Gasteiger partial charge in [-0.3, -0.25) is 14.4 Å². The van der Waals surface area contributed by atoms with Crippen LogP contribution in [0.4, 0.5) is 5.69 Å². The molecule has 9 nitrogen and oxygen atoms in total. The Bertz CT molecular complexity index is 923. The zero-order chi connectivity index (χ0) is 21.7. The number of nitrogens with one attached hydrogen (secondary N) is 3. The summed E-state index contributed by atoms with van der Waals surface area (Å²) >= 11 is 0. The van der Waals surface area contributed by atoms with Gasteiger partial charge in [0, 0.05) is 13.1 Å². The maximum atomic E-state index is 12.9. The van der Waals surface area contributed by atoms with Crippen LogP contribution < -0.4 is 16.0 Å². The molecular formula is C20H28N4O5S. The standard InChI is InChI=1S/C20H28N4O5S/c1-24(13-19(26)22-14-7-5-3-2-4-6-8-14)30(28,29)15-9-10-17-16(11-15)20(27)21-12-18(25)23-17/h9-11,14H,2-8,12-13H2,1H3,(H,21,27)(H,22,26)(H,23,25). The summed E-state index contributed by atoms with van der Waals surface area (Å²) < 4.78 is 26.8. The number of carbonyl (C=O) groups is 3. The average Bonchev–Trinajstić information content (AvgIpc) is 2.81. The molecule has 0 aromatic heterocycles. The van der Waals surface area contributed by atoms with Gasteiger partial charge in [0.1, 0.15) is 0 Å². The molecule has 1 aromatic rings. The quantitative estimate of drug-likeness (QED) is 0.640. The number of hydrogen-bond acceptors (Lipinski definition) is 5. The summed E-state index contributed by atoms with van der Waals surface area (Å²) in [7, 11) is -2.66. The topological polar surface area (TPSA) is 125 Å². The van der Waals surface area contributed by atoms with E-state index in [0.717, 1.165) is 42.8 Å². The van der Waals surface area contributed by atoms with E-state index in [4.69, 9.17) is 0 Å². The zero-order valence-electron chi connectivity index (χ0n) is 17.1. The molecule has 10 heteroatoms. The van der Waals surface area contributed by atoms with E-state index in [1.165, 1.54) is 31.7 Å². The number of nitrogens with zero attached hydrogens (tertiary/aromatic N) is 1. The molecule has 164 valence electrons. The fourth-order valence-corrected chi connectivity index (χ4v) is 4.93. The Morgan fingerprint density at radius 3 is 2.50 bits per heavy atom. The minimum atomic E-state index is -3.99. The molecule has 30 heavy (non-hydrogen) atoms. The van der Waals surface area contributed by atoms with Crippen molar-refractivity contribution in [3.63, 3.8) is 0 Å². The first kappa shape index (κ1) is 22.2. The predicted octanol–water partition coefficient (Wildman–Crippen LogP) is 1.22. The predicted molar refractivity (Wildman–Crippen MR) is 111 cm³/mol. The Hall–Kier alpha value is -2.46. The molecule has 0 radical (unpaired) electrons. The minimum Gasteiger partial charge on any atom is -0.352 e. The van der Waals surface area contributed by atoms with Crippen LogP contribution in [0.25, 0.3) is 0 Å². The van der Waals surface area contributed by atoms with E-state index in [-0.39, 0.29) is 47.1 Å². The normalized spacial score (nSPS) is 18.5. The highest BCUT2D eigenvalue weighted by atomic mass is 32.2. The van der Waals surface area contributed by atoms with Gasteiger partial charge < -0.3 is 16.0 Å². The molecule has 0 spiro atoms. The van der Waals surface area contributed by atoms with Gasteiger partial charge in [-0.15, -0.1) is 0 Å². The number of rotatable bonds is 5. The average molecular weight is 437 g/mol. The van der Waals surface area contributed by atoms with Gasteiger partial charge in [-0.2, -0.15) is 4.31 Å². The van der Waals surface area contributed by atoms with Gasteiger partial charge in [-0.05, 0) is 31.0 Å². The summed E-state index contributed by atoms with van der Waals surface area (Å²) in [4.78, 5) is 36.1. The first-order valence-corrected chi connectivity index (χ1v) is 11.7. The second-order valence-electron chi connectivity index (χ2n) is 7.81. The molecule has 1 aliphatic carbocycles. The Kier molecular flexibility index (Phi) is 7.09. The van der Waals surface area contributed by atoms with Crippen LogP contribution in [-0.2, 0) is 19.6 Å². The van der Waals surface area contributed by atoms with Crippen LogP contribution in [0.1, 0.15) is 55.3 Å². The van der Waals surface area contributed by atoms with Crippen molar-refractivity contribution in [1.29, 1.82) is 0 Å². The number of carbonyl (C=O) groups excluding carboxylic acids is 3. The molecule has 3 rings (SSSR count). The van der Waals surface area contributed by atoms with Crippen LogP contribution >= 0.6 is 0 Å². The van der Waals surface area contributed by atoms with Gasteiger partial charge in [0.15, 0.2) is 0 Å². The van der Waals surface area contributed by atoms with E-state index in [0.29, 0.717) is 0 Å². The zero-order valence-corrected chi connectivity index (χ0v) is 17.9. The van der Waals surface area contributed by atoms with Crippen molar-refractivity contribution in [3.8, 4) is 0 Å². The van der Waals surface area contributed by atoms with Crippen molar-refractivity contribution in [2.45, 2.75) is 55.9 Å². The third-order valence-corrected chi connectivity index (χ3v) is 7.26. The van der Waals surface area contributed by atoms with Crippen LogP contribution in [-0.4, -0.2) is 56.6 Å². The lowest BCUT2D eigenvalue weighted by Crippen LogP contribution is -2.43. The number of likely N-dealkylation sites (N-methyl/N-ethyl adjacent to an activating group) is 1. The number of benzene rings is 1. The number of sulfonamides is 1. The Balaban J connectivity index is 1.69. The van der Waals surface area contributed by atoms with E-state index in [1.807, 2.05) is 0 Å². The molecule has 0 saturated heterocycles. The van der Waals surface area contributed by atoms with E-state index in [2.05, 4.69) is 16.0 Å². The Morgan fingerprint density at radius 1 is 1.13 bits per heavy atom. The highest BCUT2D eigenvalue weighted by molar-refractivity contribution is 7.89. The van der Waals surface area contributed by atoms with Crippen LogP contribution in [0.15, 0.2) is 23.1 Å². The van der Waals surface area contributed by atoms with E-state index in [1.54, 1.807) is 0 Å². The van der Waals surface area contributed by atoms with Crippen molar-refractivity contribution in [3.05, 3.63) is 23.8 Å². The monoisotopic (exact) mass is 436 g/mol. The molecule has 1 fully saturated rings. The fourth-order valence-electron chi connectivity index (χ4n) is 3.77. The summed E-state index contributed by atoms with van der Waals surface area (Å²) in [5.41, 5.74) is 0.313. The summed E-state index contributed by atoms with van der Waals surface area (Å²) in [6, 6.07) is 3.99. The van der Waals surface area contributed by atoms with Crippen molar-refractivity contribution in [2.75, 3.05) is 25.5 Å². The lowest BCUT2D eigenvalue weighted by Gasteiger charge is -2.23. The molecule has 3 amide bonds. The second-order valence-corrected chi connectivity index (χ2v) is 9.85. The van der Waals surface area contributed by atoms with Crippen LogP contribution in [0.3, 0.4) is 0 Å². The van der Waals surface area contributed by atoms with Crippen molar-refractivity contribution in [1.82, 2.24) is 14.9 Å². The summed E-state index contributed by atoms with van der Waals surface area (Å²) in [6.07, 6.45) is 7.49. The van der Waals surface area contributed by atoms with Crippen LogP contribution in [0.2, 0.25) is 0 Å². The van der Waals surface area contributed by atoms with Gasteiger partial charge in [0.2, 0.25) is 21.8 Å². The number of hydrogen-bond donors (Lipinski definition) is 3.